The van der Waals surface area contributed by atoms with E-state index in [2.05, 4.69) is 36.9 Å². The third kappa shape index (κ3) is 5.13. The van der Waals surface area contributed by atoms with Crippen molar-refractivity contribution in [1.82, 2.24) is 0 Å². The lowest BCUT2D eigenvalue weighted by Crippen LogP contribution is -1.89. The number of unbranched alkanes of at least 4 members (excludes halogenated alkanes) is 1. The van der Waals surface area contributed by atoms with E-state index in [9.17, 15) is 0 Å². The van der Waals surface area contributed by atoms with Gasteiger partial charge in [-0.3, -0.25) is 0 Å². The number of thioether (sulfide) groups is 1. The maximum Gasteiger partial charge on any atom is -0.00270 e. The van der Waals surface area contributed by atoms with E-state index in [1.165, 1.54) is 29.9 Å². The first-order valence-electron chi connectivity index (χ1n) is 5.16. The second-order valence-corrected chi connectivity index (χ2v) is 4.50. The maximum absolute atomic E-state index is 3.72. The predicted octanol–water partition coefficient (Wildman–Crippen LogP) is 3.93. The molecule has 0 atom stereocenters. The van der Waals surface area contributed by atoms with Crippen molar-refractivity contribution in [3.8, 4) is 0 Å². The van der Waals surface area contributed by atoms with Crippen LogP contribution in [0.4, 0.5) is 0 Å². The van der Waals surface area contributed by atoms with Gasteiger partial charge >= 0.3 is 0 Å². The molecule has 0 heterocycles. The monoisotopic (exact) mass is 206 g/mol. The summed E-state index contributed by atoms with van der Waals surface area (Å²) in [6.07, 6.45) is 5.61. The minimum atomic E-state index is 1.15. The van der Waals surface area contributed by atoms with Crippen molar-refractivity contribution < 1.29 is 0 Å². The van der Waals surface area contributed by atoms with Crippen molar-refractivity contribution in [3.05, 3.63) is 48.6 Å². The molecule has 0 aromatic heterocycles. The zero-order valence-corrected chi connectivity index (χ0v) is 9.43. The number of benzene rings is 1. The summed E-state index contributed by atoms with van der Waals surface area (Å²) in [6.45, 7) is 3.72. The Kier molecular flexibility index (Phi) is 6.25. The molecule has 1 heteroatoms. The van der Waals surface area contributed by atoms with Crippen LogP contribution in [-0.4, -0.2) is 11.5 Å². The van der Waals surface area contributed by atoms with Crippen LogP contribution in [0.3, 0.4) is 0 Å². The van der Waals surface area contributed by atoms with E-state index in [4.69, 9.17) is 0 Å². The molecular weight excluding hydrogens is 188 g/mol. The molecule has 0 radical (unpaired) electrons. The smallest absolute Gasteiger partial charge is 0.00270 e. The fraction of sp³-hybridized carbons (Fsp3) is 0.385. The molecule has 76 valence electrons. The van der Waals surface area contributed by atoms with E-state index in [1.807, 2.05) is 17.8 Å². The minimum absolute atomic E-state index is 1.15. The van der Waals surface area contributed by atoms with Gasteiger partial charge in [-0.25, -0.2) is 0 Å². The van der Waals surface area contributed by atoms with E-state index in [-0.39, 0.29) is 0 Å². The van der Waals surface area contributed by atoms with Crippen molar-refractivity contribution in [2.24, 2.45) is 0 Å². The highest BCUT2D eigenvalue weighted by atomic mass is 32.2. The third-order valence-electron chi connectivity index (χ3n) is 2.07. The van der Waals surface area contributed by atoms with Gasteiger partial charge in [-0.1, -0.05) is 36.4 Å². The summed E-state index contributed by atoms with van der Waals surface area (Å²) in [5.41, 5.74) is 1.45. The van der Waals surface area contributed by atoms with Gasteiger partial charge in [0.2, 0.25) is 0 Å². The molecule has 1 aromatic carbocycles. The first-order valence-corrected chi connectivity index (χ1v) is 6.31. The topological polar surface area (TPSA) is 0 Å². The maximum atomic E-state index is 3.72. The van der Waals surface area contributed by atoms with Gasteiger partial charge in [0, 0.05) is 0 Å². The summed E-state index contributed by atoms with van der Waals surface area (Å²) >= 11 is 2.04. The molecule has 0 saturated heterocycles. The Bertz CT molecular complexity index is 241. The Labute approximate surface area is 91.4 Å². The van der Waals surface area contributed by atoms with Crippen LogP contribution < -0.4 is 0 Å². The summed E-state index contributed by atoms with van der Waals surface area (Å²) < 4.78 is 0. The number of allylic oxidation sites excluding steroid dienone is 1. The summed E-state index contributed by atoms with van der Waals surface area (Å²) in [5, 5.41) is 0. The van der Waals surface area contributed by atoms with Crippen molar-refractivity contribution in [2.45, 2.75) is 19.3 Å². The number of hydrogen-bond acceptors (Lipinski definition) is 1. The average Bonchev–Trinajstić information content (AvgIpc) is 2.25. The highest BCUT2D eigenvalue weighted by Crippen LogP contribution is 2.08. The second-order valence-electron chi connectivity index (χ2n) is 3.28. The minimum Gasteiger partial charge on any atom is -0.162 e. The normalized spacial score (nSPS) is 10.0. The molecule has 0 spiro atoms. The molecule has 0 fully saturated rings. The molecule has 0 saturated carbocycles. The Balaban J connectivity index is 2.02. The van der Waals surface area contributed by atoms with Gasteiger partial charge in [-0.15, -0.1) is 6.58 Å². The molecule has 0 aliphatic carbocycles. The van der Waals surface area contributed by atoms with Crippen molar-refractivity contribution >= 4 is 11.8 Å². The van der Waals surface area contributed by atoms with Crippen LogP contribution in [0, 0.1) is 0 Å². The first-order chi connectivity index (χ1) is 6.93. The summed E-state index contributed by atoms with van der Waals surface area (Å²) in [5.74, 6) is 2.50. The largest absolute Gasteiger partial charge is 0.162 e. The van der Waals surface area contributed by atoms with Gasteiger partial charge in [-0.2, -0.15) is 11.8 Å². The molecular formula is C13H18S. The highest BCUT2D eigenvalue weighted by Gasteiger charge is 1.92. The number of hydrogen-bond donors (Lipinski definition) is 0. The van der Waals surface area contributed by atoms with Crippen molar-refractivity contribution in [2.75, 3.05) is 11.5 Å². The third-order valence-corrected chi connectivity index (χ3v) is 3.14. The van der Waals surface area contributed by atoms with Gasteiger partial charge < -0.3 is 0 Å². The van der Waals surface area contributed by atoms with Gasteiger partial charge in [0.05, 0.1) is 0 Å². The van der Waals surface area contributed by atoms with Crippen molar-refractivity contribution in [1.29, 1.82) is 0 Å². The van der Waals surface area contributed by atoms with Crippen LogP contribution in [0.25, 0.3) is 0 Å². The van der Waals surface area contributed by atoms with Crippen LogP contribution in [0.15, 0.2) is 43.0 Å². The summed E-state index contributed by atoms with van der Waals surface area (Å²) in [7, 11) is 0. The van der Waals surface area contributed by atoms with Crippen LogP contribution in [0.2, 0.25) is 0 Å². The van der Waals surface area contributed by atoms with Gasteiger partial charge in [0.25, 0.3) is 0 Å². The summed E-state index contributed by atoms with van der Waals surface area (Å²) in [6, 6.07) is 10.7. The lowest BCUT2D eigenvalue weighted by atomic mass is 10.2. The Hall–Kier alpha value is -0.690. The zero-order valence-electron chi connectivity index (χ0n) is 8.61. The lowest BCUT2D eigenvalue weighted by molar-refractivity contribution is 0.972. The summed E-state index contributed by atoms with van der Waals surface area (Å²) in [4.78, 5) is 0. The number of aryl methyl sites for hydroxylation is 1. The molecule has 1 rings (SSSR count). The van der Waals surface area contributed by atoms with E-state index in [0.717, 1.165) is 6.42 Å². The fourth-order valence-electron chi connectivity index (χ4n) is 1.27. The van der Waals surface area contributed by atoms with Gasteiger partial charge in [0.1, 0.15) is 0 Å². The SMILES string of the molecule is C=CCCCSCCc1ccccc1. The van der Waals surface area contributed by atoms with Gasteiger partial charge in [0.15, 0.2) is 0 Å². The van der Waals surface area contributed by atoms with Crippen LogP contribution >= 0.6 is 11.8 Å². The molecule has 0 aliphatic heterocycles. The van der Waals surface area contributed by atoms with Crippen LogP contribution in [-0.2, 0) is 6.42 Å². The van der Waals surface area contributed by atoms with E-state index < -0.39 is 0 Å². The lowest BCUT2D eigenvalue weighted by Gasteiger charge is -2.00. The molecule has 0 aliphatic rings. The molecule has 0 bridgehead atoms. The highest BCUT2D eigenvalue weighted by molar-refractivity contribution is 7.99. The van der Waals surface area contributed by atoms with Crippen molar-refractivity contribution in [3.63, 3.8) is 0 Å². The zero-order chi connectivity index (χ0) is 10.1. The molecule has 0 unspecified atom stereocenters. The second kappa shape index (κ2) is 7.69. The molecule has 0 nitrogen and oxygen atoms in total. The predicted molar refractivity (Wildman–Crippen MR) is 66.9 cm³/mol. The van der Waals surface area contributed by atoms with E-state index >= 15 is 0 Å². The first kappa shape index (κ1) is 11.4. The van der Waals surface area contributed by atoms with E-state index in [1.54, 1.807) is 0 Å². The average molecular weight is 206 g/mol. The molecule has 14 heavy (non-hydrogen) atoms. The van der Waals surface area contributed by atoms with Crippen LogP contribution in [0.1, 0.15) is 18.4 Å². The molecule has 1 aromatic rings. The van der Waals surface area contributed by atoms with E-state index in [0.29, 0.717) is 0 Å². The molecule has 0 N–H and O–H groups in total. The Morgan fingerprint density at radius 3 is 2.64 bits per heavy atom. The fourth-order valence-corrected chi connectivity index (χ4v) is 2.22. The Morgan fingerprint density at radius 2 is 1.93 bits per heavy atom. The quantitative estimate of drug-likeness (QED) is 0.481. The van der Waals surface area contributed by atoms with Crippen LogP contribution in [0.5, 0.6) is 0 Å². The number of rotatable bonds is 7. The standard InChI is InChI=1S/C13H18S/c1-2-3-7-11-14-12-10-13-8-5-4-6-9-13/h2,4-6,8-9H,1,3,7,10-12H2. The molecule has 0 amide bonds. The Morgan fingerprint density at radius 1 is 1.14 bits per heavy atom. The van der Waals surface area contributed by atoms with Gasteiger partial charge in [-0.05, 0) is 36.3 Å².